The van der Waals surface area contributed by atoms with Crippen LogP contribution in [-0.4, -0.2) is 28.1 Å². The zero-order valence-corrected chi connectivity index (χ0v) is 12.9. The number of halogens is 1. The summed E-state index contributed by atoms with van der Waals surface area (Å²) in [6.45, 7) is 0.171. The normalized spacial score (nSPS) is 18.0. The maximum atomic E-state index is 12.2. The maximum Gasteiger partial charge on any atom is 0.311 e. The maximum absolute atomic E-state index is 12.2. The van der Waals surface area contributed by atoms with Gasteiger partial charge >= 0.3 is 5.97 Å². The largest absolute Gasteiger partial charge is 0.481 e. The number of aromatic nitrogens is 1. The van der Waals surface area contributed by atoms with E-state index in [0.717, 1.165) is 25.7 Å². The quantitative estimate of drug-likeness (QED) is 0.840. The Bertz CT molecular complexity index is 531. The van der Waals surface area contributed by atoms with Crippen molar-refractivity contribution in [1.82, 2.24) is 9.88 Å². The van der Waals surface area contributed by atoms with Crippen LogP contribution in [-0.2, 0) is 11.8 Å². The van der Waals surface area contributed by atoms with Gasteiger partial charge in [-0.05, 0) is 18.9 Å². The highest BCUT2D eigenvalue weighted by molar-refractivity contribution is 6.31. The number of carbonyl (C=O) groups excluding carboxylic acids is 1. The molecule has 21 heavy (non-hydrogen) atoms. The summed E-state index contributed by atoms with van der Waals surface area (Å²) in [5.41, 5.74) is -0.393. The molecule has 0 radical (unpaired) electrons. The highest BCUT2D eigenvalue weighted by atomic mass is 35.5. The summed E-state index contributed by atoms with van der Waals surface area (Å²) in [7, 11) is 1.74. The van der Waals surface area contributed by atoms with Crippen molar-refractivity contribution < 1.29 is 14.7 Å². The molecule has 1 aliphatic carbocycles. The minimum absolute atomic E-state index is 0.171. The molecular formula is C15H21ClN2O3. The second kappa shape index (κ2) is 6.52. The number of aliphatic carboxylic acids is 1. The van der Waals surface area contributed by atoms with Gasteiger partial charge in [-0.2, -0.15) is 0 Å². The van der Waals surface area contributed by atoms with E-state index in [4.69, 9.17) is 11.6 Å². The Kier molecular flexibility index (Phi) is 4.93. The van der Waals surface area contributed by atoms with E-state index in [1.165, 1.54) is 0 Å². The zero-order valence-electron chi connectivity index (χ0n) is 12.2. The summed E-state index contributed by atoms with van der Waals surface area (Å²) in [6.07, 6.45) is 6.82. The first-order valence-corrected chi connectivity index (χ1v) is 7.66. The lowest BCUT2D eigenvalue weighted by Crippen LogP contribution is -2.43. The Morgan fingerprint density at radius 2 is 1.95 bits per heavy atom. The van der Waals surface area contributed by atoms with Crippen LogP contribution in [0.2, 0.25) is 5.02 Å². The molecule has 116 valence electrons. The number of amides is 1. The number of rotatable bonds is 4. The van der Waals surface area contributed by atoms with Gasteiger partial charge in [0, 0.05) is 19.8 Å². The number of hydrogen-bond acceptors (Lipinski definition) is 2. The number of carbonyl (C=O) groups is 2. The van der Waals surface area contributed by atoms with Gasteiger partial charge in [0.15, 0.2) is 0 Å². The van der Waals surface area contributed by atoms with Crippen molar-refractivity contribution in [3.8, 4) is 0 Å². The van der Waals surface area contributed by atoms with E-state index in [9.17, 15) is 14.7 Å². The van der Waals surface area contributed by atoms with Gasteiger partial charge in [0.1, 0.15) is 5.69 Å². The van der Waals surface area contributed by atoms with Crippen LogP contribution >= 0.6 is 11.6 Å². The highest BCUT2D eigenvalue weighted by Gasteiger charge is 2.39. The third-order valence-corrected chi connectivity index (χ3v) is 4.51. The Morgan fingerprint density at radius 3 is 2.43 bits per heavy atom. The molecule has 1 aromatic rings. The number of carboxylic acids is 1. The fraction of sp³-hybridized carbons (Fsp3) is 0.600. The van der Waals surface area contributed by atoms with E-state index in [0.29, 0.717) is 23.6 Å². The Balaban J connectivity index is 2.06. The highest BCUT2D eigenvalue weighted by Crippen LogP contribution is 2.34. The Hall–Kier alpha value is -1.49. The molecular weight excluding hydrogens is 292 g/mol. The third kappa shape index (κ3) is 3.59. The summed E-state index contributed by atoms with van der Waals surface area (Å²) in [5, 5.41) is 12.8. The van der Waals surface area contributed by atoms with Crippen molar-refractivity contribution in [3.63, 3.8) is 0 Å². The molecule has 0 saturated heterocycles. The summed E-state index contributed by atoms with van der Waals surface area (Å²) in [4.78, 5) is 23.9. The summed E-state index contributed by atoms with van der Waals surface area (Å²) >= 11 is 5.86. The molecule has 0 spiro atoms. The monoisotopic (exact) mass is 312 g/mol. The molecule has 0 atom stereocenters. The van der Waals surface area contributed by atoms with E-state index in [2.05, 4.69) is 5.32 Å². The van der Waals surface area contributed by atoms with E-state index in [1.807, 2.05) is 0 Å². The molecule has 0 aromatic carbocycles. The van der Waals surface area contributed by atoms with Crippen molar-refractivity contribution >= 4 is 23.5 Å². The van der Waals surface area contributed by atoms with Gasteiger partial charge in [0.2, 0.25) is 0 Å². The van der Waals surface area contributed by atoms with Crippen LogP contribution in [0.15, 0.2) is 12.3 Å². The fourth-order valence-corrected chi connectivity index (χ4v) is 3.21. The molecule has 0 aliphatic heterocycles. The Morgan fingerprint density at radius 1 is 1.33 bits per heavy atom. The lowest BCUT2D eigenvalue weighted by Gasteiger charge is -2.28. The minimum atomic E-state index is -0.832. The molecule has 5 nitrogen and oxygen atoms in total. The molecule has 0 unspecified atom stereocenters. The molecule has 1 aliphatic rings. The second-order valence-electron chi connectivity index (χ2n) is 5.84. The van der Waals surface area contributed by atoms with Crippen LogP contribution in [0.25, 0.3) is 0 Å². The standard InChI is InChI=1S/C15H21ClN2O3/c1-18-9-11(16)8-12(18)13(19)17-10-15(14(20)21)6-4-2-3-5-7-15/h8-9H,2-7,10H2,1H3,(H,17,19)(H,20,21). The first-order chi connectivity index (χ1) is 9.94. The molecule has 1 saturated carbocycles. The van der Waals surface area contributed by atoms with Gasteiger partial charge in [-0.3, -0.25) is 9.59 Å². The topological polar surface area (TPSA) is 71.3 Å². The zero-order chi connectivity index (χ0) is 15.5. The average molecular weight is 313 g/mol. The van der Waals surface area contributed by atoms with Crippen LogP contribution in [0.1, 0.15) is 49.0 Å². The number of aryl methyl sites for hydroxylation is 1. The minimum Gasteiger partial charge on any atom is -0.481 e. The van der Waals surface area contributed by atoms with E-state index < -0.39 is 11.4 Å². The molecule has 1 heterocycles. The van der Waals surface area contributed by atoms with E-state index in [1.54, 1.807) is 23.9 Å². The van der Waals surface area contributed by atoms with E-state index >= 15 is 0 Å². The number of carboxylic acid groups (broad SMARTS) is 1. The van der Waals surface area contributed by atoms with Gasteiger partial charge in [-0.1, -0.05) is 37.3 Å². The molecule has 2 rings (SSSR count). The molecule has 1 amide bonds. The average Bonchev–Trinajstić information content (AvgIpc) is 2.65. The van der Waals surface area contributed by atoms with Gasteiger partial charge in [0.05, 0.1) is 10.4 Å². The number of nitrogens with zero attached hydrogens (tertiary/aromatic N) is 1. The van der Waals surface area contributed by atoms with Gasteiger partial charge in [0.25, 0.3) is 5.91 Å². The van der Waals surface area contributed by atoms with Gasteiger partial charge < -0.3 is 15.0 Å². The summed E-state index contributed by atoms with van der Waals surface area (Å²) in [5.74, 6) is -1.09. The lowest BCUT2D eigenvalue weighted by molar-refractivity contribution is -0.149. The summed E-state index contributed by atoms with van der Waals surface area (Å²) < 4.78 is 1.64. The van der Waals surface area contributed by atoms with Crippen LogP contribution in [0.5, 0.6) is 0 Å². The van der Waals surface area contributed by atoms with Crippen LogP contribution < -0.4 is 5.32 Å². The molecule has 0 bridgehead atoms. The molecule has 1 aromatic heterocycles. The first-order valence-electron chi connectivity index (χ1n) is 7.28. The predicted octanol–water partition coefficient (Wildman–Crippen LogP) is 2.83. The van der Waals surface area contributed by atoms with Crippen molar-refractivity contribution in [2.45, 2.75) is 38.5 Å². The van der Waals surface area contributed by atoms with Crippen LogP contribution in [0, 0.1) is 5.41 Å². The number of nitrogens with one attached hydrogen (secondary N) is 1. The molecule has 6 heteroatoms. The van der Waals surface area contributed by atoms with Crippen molar-refractivity contribution in [2.24, 2.45) is 12.5 Å². The van der Waals surface area contributed by atoms with Crippen molar-refractivity contribution in [1.29, 1.82) is 0 Å². The van der Waals surface area contributed by atoms with E-state index in [-0.39, 0.29) is 12.5 Å². The van der Waals surface area contributed by atoms with Crippen LogP contribution in [0.4, 0.5) is 0 Å². The second-order valence-corrected chi connectivity index (χ2v) is 6.27. The SMILES string of the molecule is Cn1cc(Cl)cc1C(=O)NCC1(C(=O)O)CCCCCC1. The summed E-state index contributed by atoms with van der Waals surface area (Å²) in [6, 6.07) is 1.58. The first kappa shape index (κ1) is 15.9. The van der Waals surface area contributed by atoms with Gasteiger partial charge in [-0.25, -0.2) is 0 Å². The van der Waals surface area contributed by atoms with Crippen molar-refractivity contribution in [2.75, 3.05) is 6.54 Å². The molecule has 2 N–H and O–H groups in total. The predicted molar refractivity (Wildman–Crippen MR) is 80.5 cm³/mol. The van der Waals surface area contributed by atoms with Crippen LogP contribution in [0.3, 0.4) is 0 Å². The third-order valence-electron chi connectivity index (χ3n) is 4.31. The van der Waals surface area contributed by atoms with Gasteiger partial charge in [-0.15, -0.1) is 0 Å². The smallest absolute Gasteiger partial charge is 0.311 e. The van der Waals surface area contributed by atoms with Crippen molar-refractivity contribution in [3.05, 3.63) is 23.0 Å². The number of hydrogen-bond donors (Lipinski definition) is 2. The fourth-order valence-electron chi connectivity index (χ4n) is 2.96. The lowest BCUT2D eigenvalue weighted by atomic mass is 9.80. The Labute approximate surface area is 129 Å². The molecule has 1 fully saturated rings.